The van der Waals surface area contributed by atoms with Gasteiger partial charge in [0.2, 0.25) is 0 Å². The third-order valence-corrected chi connectivity index (χ3v) is 3.94. The van der Waals surface area contributed by atoms with E-state index in [0.717, 1.165) is 31.6 Å². The monoisotopic (exact) mass is 241 g/mol. The molecule has 0 aromatic heterocycles. The molecule has 17 heavy (non-hydrogen) atoms. The van der Waals surface area contributed by atoms with Crippen molar-refractivity contribution in [2.24, 2.45) is 17.6 Å². The number of carbonyl (C=O) groups is 1. The third-order valence-electron chi connectivity index (χ3n) is 3.94. The van der Waals surface area contributed by atoms with Gasteiger partial charge in [0.15, 0.2) is 0 Å². The van der Waals surface area contributed by atoms with E-state index in [0.29, 0.717) is 12.3 Å². The first-order chi connectivity index (χ1) is 8.02. The Balaban J connectivity index is 2.27. The summed E-state index contributed by atoms with van der Waals surface area (Å²) in [5.74, 6) is 1.30. The molecule has 4 atom stereocenters. The first-order valence-corrected chi connectivity index (χ1v) is 6.98. The Morgan fingerprint density at radius 2 is 2.06 bits per heavy atom. The number of ether oxygens (including phenoxy) is 1. The van der Waals surface area contributed by atoms with Crippen LogP contribution in [-0.2, 0) is 9.53 Å². The van der Waals surface area contributed by atoms with E-state index >= 15 is 0 Å². The molecule has 1 rings (SSSR count). The van der Waals surface area contributed by atoms with Crippen LogP contribution >= 0.6 is 0 Å². The molecule has 0 bridgehead atoms. The van der Waals surface area contributed by atoms with Gasteiger partial charge in [0.05, 0.1) is 6.42 Å². The highest BCUT2D eigenvalue weighted by Crippen LogP contribution is 2.31. The zero-order valence-corrected chi connectivity index (χ0v) is 11.4. The molecule has 1 aliphatic carbocycles. The molecule has 2 N–H and O–H groups in total. The standard InChI is InChI=1S/C14H27NO2/c1-4-5-12(15)9-14(16)17-13-7-6-10(2)11(3)8-13/h10-13H,4-9,15H2,1-3H3. The van der Waals surface area contributed by atoms with Gasteiger partial charge in [-0.1, -0.05) is 27.2 Å². The molecule has 0 aromatic rings. The number of esters is 1. The molecule has 0 heterocycles. The van der Waals surface area contributed by atoms with Gasteiger partial charge in [0, 0.05) is 6.04 Å². The topological polar surface area (TPSA) is 52.3 Å². The molecule has 0 spiro atoms. The fourth-order valence-electron chi connectivity index (χ4n) is 2.53. The van der Waals surface area contributed by atoms with Crippen LogP contribution in [0.3, 0.4) is 0 Å². The van der Waals surface area contributed by atoms with Gasteiger partial charge >= 0.3 is 5.97 Å². The minimum Gasteiger partial charge on any atom is -0.462 e. The van der Waals surface area contributed by atoms with E-state index < -0.39 is 0 Å². The summed E-state index contributed by atoms with van der Waals surface area (Å²) in [4.78, 5) is 11.7. The van der Waals surface area contributed by atoms with E-state index in [1.165, 1.54) is 6.42 Å². The van der Waals surface area contributed by atoms with Crippen LogP contribution in [-0.4, -0.2) is 18.1 Å². The normalized spacial score (nSPS) is 30.9. The SMILES string of the molecule is CCCC(N)CC(=O)OC1CCC(C)C(C)C1. The van der Waals surface area contributed by atoms with Gasteiger partial charge in [0.1, 0.15) is 6.10 Å². The predicted octanol–water partition coefficient (Wildman–Crippen LogP) is 2.87. The Labute approximate surface area is 105 Å². The van der Waals surface area contributed by atoms with Crippen molar-refractivity contribution in [2.75, 3.05) is 0 Å². The summed E-state index contributed by atoms with van der Waals surface area (Å²) in [5.41, 5.74) is 5.84. The van der Waals surface area contributed by atoms with Crippen molar-refractivity contribution in [3.63, 3.8) is 0 Å². The van der Waals surface area contributed by atoms with Gasteiger partial charge in [0.25, 0.3) is 0 Å². The minimum absolute atomic E-state index is 0.0348. The van der Waals surface area contributed by atoms with Crippen LogP contribution in [0.5, 0.6) is 0 Å². The Morgan fingerprint density at radius 1 is 1.35 bits per heavy atom. The van der Waals surface area contributed by atoms with Crippen molar-refractivity contribution in [3.8, 4) is 0 Å². The van der Waals surface area contributed by atoms with E-state index in [1.807, 2.05) is 0 Å². The first-order valence-electron chi connectivity index (χ1n) is 6.98. The average Bonchev–Trinajstić information content (AvgIpc) is 2.23. The molecule has 4 unspecified atom stereocenters. The highest BCUT2D eigenvalue weighted by Gasteiger charge is 2.27. The average molecular weight is 241 g/mol. The largest absolute Gasteiger partial charge is 0.462 e. The maximum Gasteiger partial charge on any atom is 0.307 e. The van der Waals surface area contributed by atoms with E-state index in [9.17, 15) is 4.79 Å². The Morgan fingerprint density at radius 3 is 2.65 bits per heavy atom. The van der Waals surface area contributed by atoms with Gasteiger partial charge in [-0.3, -0.25) is 4.79 Å². The van der Waals surface area contributed by atoms with Crippen molar-refractivity contribution in [1.29, 1.82) is 0 Å². The lowest BCUT2D eigenvalue weighted by molar-refractivity contribution is -0.152. The van der Waals surface area contributed by atoms with Crippen LogP contribution in [0.2, 0.25) is 0 Å². The number of hydrogen-bond donors (Lipinski definition) is 1. The fourth-order valence-corrected chi connectivity index (χ4v) is 2.53. The summed E-state index contributed by atoms with van der Waals surface area (Å²) in [7, 11) is 0. The molecule has 0 aromatic carbocycles. The molecular weight excluding hydrogens is 214 g/mol. The van der Waals surface area contributed by atoms with Gasteiger partial charge in [-0.25, -0.2) is 0 Å². The number of hydrogen-bond acceptors (Lipinski definition) is 3. The molecule has 0 saturated heterocycles. The quantitative estimate of drug-likeness (QED) is 0.753. The molecule has 1 aliphatic rings. The van der Waals surface area contributed by atoms with Crippen LogP contribution in [0.15, 0.2) is 0 Å². The molecule has 0 radical (unpaired) electrons. The second kappa shape index (κ2) is 7.00. The Kier molecular flexibility index (Phi) is 5.96. The van der Waals surface area contributed by atoms with Crippen molar-refractivity contribution in [1.82, 2.24) is 0 Å². The van der Waals surface area contributed by atoms with Crippen molar-refractivity contribution < 1.29 is 9.53 Å². The molecule has 0 amide bonds. The summed E-state index contributed by atoms with van der Waals surface area (Å²) in [6.07, 6.45) is 5.60. The zero-order valence-electron chi connectivity index (χ0n) is 11.4. The Hall–Kier alpha value is -0.570. The van der Waals surface area contributed by atoms with Crippen LogP contribution < -0.4 is 5.73 Å². The van der Waals surface area contributed by atoms with Gasteiger partial charge in [-0.15, -0.1) is 0 Å². The summed E-state index contributed by atoms with van der Waals surface area (Å²) in [6, 6.07) is -0.0348. The molecule has 100 valence electrons. The van der Waals surface area contributed by atoms with Crippen LogP contribution in [0.25, 0.3) is 0 Å². The summed E-state index contributed by atoms with van der Waals surface area (Å²) in [6.45, 7) is 6.60. The van der Waals surface area contributed by atoms with Crippen molar-refractivity contribution >= 4 is 5.97 Å². The van der Waals surface area contributed by atoms with Crippen molar-refractivity contribution in [3.05, 3.63) is 0 Å². The van der Waals surface area contributed by atoms with Gasteiger partial charge in [-0.2, -0.15) is 0 Å². The van der Waals surface area contributed by atoms with Crippen LogP contribution in [0.1, 0.15) is 59.3 Å². The maximum atomic E-state index is 11.7. The van der Waals surface area contributed by atoms with E-state index in [4.69, 9.17) is 10.5 Å². The summed E-state index contributed by atoms with van der Waals surface area (Å²) >= 11 is 0. The molecule has 3 heteroatoms. The zero-order chi connectivity index (χ0) is 12.8. The molecule has 1 fully saturated rings. The van der Waals surface area contributed by atoms with Crippen LogP contribution in [0.4, 0.5) is 0 Å². The smallest absolute Gasteiger partial charge is 0.307 e. The second-order valence-electron chi connectivity index (χ2n) is 5.63. The Bertz CT molecular complexity index is 242. The van der Waals surface area contributed by atoms with E-state index in [2.05, 4.69) is 20.8 Å². The molecule has 3 nitrogen and oxygen atoms in total. The van der Waals surface area contributed by atoms with Gasteiger partial charge in [-0.05, 0) is 37.5 Å². The molecular formula is C14H27NO2. The van der Waals surface area contributed by atoms with E-state index in [1.54, 1.807) is 0 Å². The second-order valence-corrected chi connectivity index (χ2v) is 5.63. The summed E-state index contributed by atoms with van der Waals surface area (Å²) < 4.78 is 5.51. The first kappa shape index (κ1) is 14.5. The fraction of sp³-hybridized carbons (Fsp3) is 0.929. The molecule has 1 saturated carbocycles. The maximum absolute atomic E-state index is 11.7. The lowest BCUT2D eigenvalue weighted by Gasteiger charge is -2.31. The van der Waals surface area contributed by atoms with Crippen molar-refractivity contribution in [2.45, 2.75) is 71.4 Å². The number of carbonyl (C=O) groups excluding carboxylic acids is 1. The third kappa shape index (κ3) is 5.07. The lowest BCUT2D eigenvalue weighted by atomic mass is 9.80. The highest BCUT2D eigenvalue weighted by molar-refractivity contribution is 5.70. The highest BCUT2D eigenvalue weighted by atomic mass is 16.5. The number of nitrogens with two attached hydrogens (primary N) is 1. The number of rotatable bonds is 5. The minimum atomic E-state index is -0.113. The predicted molar refractivity (Wildman–Crippen MR) is 69.6 cm³/mol. The van der Waals surface area contributed by atoms with Crippen LogP contribution in [0, 0.1) is 11.8 Å². The summed E-state index contributed by atoms with van der Waals surface area (Å²) in [5, 5.41) is 0. The molecule has 0 aliphatic heterocycles. The lowest BCUT2D eigenvalue weighted by Crippen LogP contribution is -2.31. The van der Waals surface area contributed by atoms with Gasteiger partial charge < -0.3 is 10.5 Å². The van der Waals surface area contributed by atoms with E-state index in [-0.39, 0.29) is 18.1 Å².